The predicted octanol–water partition coefficient (Wildman–Crippen LogP) is 4.80. The lowest BCUT2D eigenvalue weighted by molar-refractivity contribution is -0.123. The quantitative estimate of drug-likeness (QED) is 0.598. The van der Waals surface area contributed by atoms with Crippen LogP contribution >= 0.6 is 0 Å². The van der Waals surface area contributed by atoms with Gasteiger partial charge in [0.15, 0.2) is 6.10 Å². The third-order valence-electron chi connectivity index (χ3n) is 5.01. The number of hydrogen-bond donors (Lipinski definition) is 1. The highest BCUT2D eigenvalue weighted by Gasteiger charge is 2.21. The van der Waals surface area contributed by atoms with E-state index in [0.29, 0.717) is 5.56 Å². The molecule has 156 valence electrons. The van der Waals surface area contributed by atoms with Crippen molar-refractivity contribution in [3.05, 3.63) is 77.1 Å². The first-order valence-electron chi connectivity index (χ1n) is 10.0. The van der Waals surface area contributed by atoms with E-state index in [-0.39, 0.29) is 11.8 Å². The second-order valence-corrected chi connectivity index (χ2v) is 7.66. The van der Waals surface area contributed by atoms with Gasteiger partial charge in [-0.05, 0) is 68.1 Å². The largest absolute Gasteiger partial charge is 0.449 e. The van der Waals surface area contributed by atoms with Gasteiger partial charge < -0.3 is 10.1 Å². The van der Waals surface area contributed by atoms with Crippen LogP contribution < -0.4 is 5.32 Å². The summed E-state index contributed by atoms with van der Waals surface area (Å²) in [5, 5.41) is 7.17. The number of aromatic nitrogens is 2. The summed E-state index contributed by atoms with van der Waals surface area (Å²) in [5.74, 6) is -0.645. The third-order valence-corrected chi connectivity index (χ3v) is 5.01. The Labute approximate surface area is 176 Å². The van der Waals surface area contributed by atoms with E-state index in [1.54, 1.807) is 42.1 Å². The fourth-order valence-corrected chi connectivity index (χ4v) is 3.23. The van der Waals surface area contributed by atoms with Gasteiger partial charge >= 0.3 is 5.97 Å². The number of carbonyl (C=O) groups is 2. The van der Waals surface area contributed by atoms with Gasteiger partial charge in [0.2, 0.25) is 0 Å². The maximum atomic E-state index is 12.7. The van der Waals surface area contributed by atoms with Crippen LogP contribution in [0, 0.1) is 13.8 Å². The Balaban J connectivity index is 1.67. The molecule has 30 heavy (non-hydrogen) atoms. The summed E-state index contributed by atoms with van der Waals surface area (Å²) in [7, 11) is 0. The number of carbonyl (C=O) groups excluding carboxylic acids is 2. The van der Waals surface area contributed by atoms with Crippen LogP contribution in [0.5, 0.6) is 0 Å². The minimum atomic E-state index is -0.926. The number of esters is 1. The van der Waals surface area contributed by atoms with Crippen molar-refractivity contribution in [1.29, 1.82) is 0 Å². The van der Waals surface area contributed by atoms with Crippen molar-refractivity contribution in [3.63, 3.8) is 0 Å². The van der Waals surface area contributed by atoms with Crippen LogP contribution in [-0.2, 0) is 9.53 Å². The predicted molar refractivity (Wildman–Crippen MR) is 117 cm³/mol. The van der Waals surface area contributed by atoms with Gasteiger partial charge in [0, 0.05) is 17.6 Å². The lowest BCUT2D eigenvalue weighted by Crippen LogP contribution is -2.30. The molecule has 0 aliphatic rings. The Morgan fingerprint density at radius 3 is 2.30 bits per heavy atom. The lowest BCUT2D eigenvalue weighted by Gasteiger charge is -2.19. The molecule has 0 bridgehead atoms. The fraction of sp³-hybridized carbons (Fsp3) is 0.292. The van der Waals surface area contributed by atoms with Crippen LogP contribution in [0.2, 0.25) is 0 Å². The van der Waals surface area contributed by atoms with E-state index in [2.05, 4.69) is 24.3 Å². The van der Waals surface area contributed by atoms with Crippen LogP contribution in [0.3, 0.4) is 0 Å². The Kier molecular flexibility index (Phi) is 6.35. The number of aryl methyl sites for hydroxylation is 2. The van der Waals surface area contributed by atoms with E-state index in [4.69, 9.17) is 4.74 Å². The Morgan fingerprint density at radius 1 is 1.00 bits per heavy atom. The molecular weight excluding hydrogens is 378 g/mol. The van der Waals surface area contributed by atoms with Gasteiger partial charge in [-0.25, -0.2) is 9.48 Å². The number of rotatable bonds is 6. The summed E-state index contributed by atoms with van der Waals surface area (Å²) in [4.78, 5) is 25.1. The summed E-state index contributed by atoms with van der Waals surface area (Å²) in [6.45, 7) is 9.61. The van der Waals surface area contributed by atoms with Crippen LogP contribution in [0.15, 0.2) is 54.7 Å². The zero-order valence-corrected chi connectivity index (χ0v) is 18.0. The van der Waals surface area contributed by atoms with Gasteiger partial charge in [0.05, 0.1) is 11.3 Å². The molecule has 0 aliphatic carbocycles. The fourth-order valence-electron chi connectivity index (χ4n) is 3.23. The first kappa shape index (κ1) is 21.3. The number of hydrogen-bond acceptors (Lipinski definition) is 4. The maximum absolute atomic E-state index is 12.7. The molecular formula is C24H27N3O3. The highest BCUT2D eigenvalue weighted by molar-refractivity contribution is 5.98. The molecule has 6 heteroatoms. The van der Waals surface area contributed by atoms with Crippen molar-refractivity contribution in [2.24, 2.45) is 0 Å². The molecule has 0 saturated carbocycles. The molecule has 6 nitrogen and oxygen atoms in total. The zero-order valence-electron chi connectivity index (χ0n) is 18.0. The first-order valence-corrected chi connectivity index (χ1v) is 10.0. The van der Waals surface area contributed by atoms with Crippen LogP contribution in [0.4, 0.5) is 5.69 Å². The summed E-state index contributed by atoms with van der Waals surface area (Å²) in [6.07, 6.45) is 0.793. The maximum Gasteiger partial charge on any atom is 0.338 e. The van der Waals surface area contributed by atoms with Gasteiger partial charge in [-0.15, -0.1) is 0 Å². The summed E-state index contributed by atoms with van der Waals surface area (Å²) >= 11 is 0. The van der Waals surface area contributed by atoms with Gasteiger partial charge in [-0.3, -0.25) is 4.79 Å². The molecule has 0 fully saturated rings. The topological polar surface area (TPSA) is 73.2 Å². The lowest BCUT2D eigenvalue weighted by atomic mass is 9.98. The third kappa shape index (κ3) is 4.59. The van der Waals surface area contributed by atoms with Crippen molar-refractivity contribution in [2.75, 3.05) is 5.32 Å². The second kappa shape index (κ2) is 8.95. The minimum absolute atomic E-state index is 0.259. The van der Waals surface area contributed by atoms with Crippen LogP contribution in [-0.4, -0.2) is 27.8 Å². The number of benzene rings is 2. The zero-order chi connectivity index (χ0) is 21.8. The molecule has 1 N–H and O–H groups in total. The van der Waals surface area contributed by atoms with Crippen molar-refractivity contribution < 1.29 is 14.3 Å². The van der Waals surface area contributed by atoms with Crippen molar-refractivity contribution in [1.82, 2.24) is 9.78 Å². The average Bonchev–Trinajstić information content (AvgIpc) is 3.15. The van der Waals surface area contributed by atoms with E-state index >= 15 is 0 Å². The average molecular weight is 405 g/mol. The molecule has 3 rings (SSSR count). The molecule has 0 unspecified atom stereocenters. The molecule has 0 radical (unpaired) electrons. The van der Waals surface area contributed by atoms with Crippen molar-refractivity contribution in [3.8, 4) is 5.69 Å². The molecule has 0 aliphatic heterocycles. The van der Waals surface area contributed by atoms with E-state index in [0.717, 1.165) is 28.2 Å². The van der Waals surface area contributed by atoms with E-state index in [1.807, 2.05) is 38.1 Å². The molecule has 1 atom stereocenters. The number of amides is 1. The molecule has 0 spiro atoms. The van der Waals surface area contributed by atoms with Gasteiger partial charge in [-0.1, -0.05) is 32.0 Å². The first-order chi connectivity index (χ1) is 14.3. The molecule has 1 amide bonds. The molecule has 2 aromatic carbocycles. The molecule has 1 aromatic heterocycles. The summed E-state index contributed by atoms with van der Waals surface area (Å²) in [5.41, 5.74) is 5.01. The van der Waals surface area contributed by atoms with Crippen LogP contribution in [0.1, 0.15) is 53.9 Å². The van der Waals surface area contributed by atoms with Gasteiger partial charge in [0.25, 0.3) is 5.91 Å². The van der Waals surface area contributed by atoms with Gasteiger partial charge in [0.1, 0.15) is 0 Å². The monoisotopic (exact) mass is 405 g/mol. The highest BCUT2D eigenvalue weighted by atomic mass is 16.5. The standard InChI is InChI=1S/C24H27N3O3/c1-15(2)21-8-6-7-16(3)22(21)26-23(28)18(5)30-24(29)19-9-11-20(12-10-19)27-17(4)13-14-25-27/h6-15,18H,1-5H3,(H,26,28)/t18-/m0/s1. The summed E-state index contributed by atoms with van der Waals surface area (Å²) in [6, 6.07) is 14.7. The number of nitrogens with one attached hydrogen (secondary N) is 1. The minimum Gasteiger partial charge on any atom is -0.449 e. The Bertz CT molecular complexity index is 1050. The summed E-state index contributed by atoms with van der Waals surface area (Å²) < 4.78 is 7.17. The number of anilines is 1. The normalized spacial score (nSPS) is 11.9. The van der Waals surface area contributed by atoms with Crippen molar-refractivity contribution >= 4 is 17.6 Å². The smallest absolute Gasteiger partial charge is 0.338 e. The molecule has 0 saturated heterocycles. The second-order valence-electron chi connectivity index (χ2n) is 7.66. The van der Waals surface area contributed by atoms with Crippen LogP contribution in [0.25, 0.3) is 5.69 Å². The van der Waals surface area contributed by atoms with E-state index in [1.165, 1.54) is 0 Å². The highest BCUT2D eigenvalue weighted by Crippen LogP contribution is 2.27. The number of ether oxygens (including phenoxy) is 1. The Morgan fingerprint density at radius 2 is 1.70 bits per heavy atom. The molecule has 3 aromatic rings. The van der Waals surface area contributed by atoms with E-state index < -0.39 is 12.1 Å². The van der Waals surface area contributed by atoms with E-state index in [9.17, 15) is 9.59 Å². The van der Waals surface area contributed by atoms with Gasteiger partial charge in [-0.2, -0.15) is 5.10 Å². The number of nitrogens with zero attached hydrogens (tertiary/aromatic N) is 2. The Hall–Kier alpha value is -3.41. The van der Waals surface area contributed by atoms with Crippen molar-refractivity contribution in [2.45, 2.75) is 46.6 Å². The SMILES string of the molecule is Cc1cccc(C(C)C)c1NC(=O)[C@H](C)OC(=O)c1ccc(-n2nccc2C)cc1. The number of para-hydroxylation sites is 1. The molecule has 1 heterocycles.